The highest BCUT2D eigenvalue weighted by molar-refractivity contribution is 5.93. The van der Waals surface area contributed by atoms with E-state index in [1.807, 2.05) is 0 Å². The van der Waals surface area contributed by atoms with Crippen molar-refractivity contribution in [2.24, 2.45) is 0 Å². The number of hydrogen-bond acceptors (Lipinski definition) is 5. The zero-order valence-corrected chi connectivity index (χ0v) is 14.5. The highest BCUT2D eigenvalue weighted by Gasteiger charge is 2.32. The van der Waals surface area contributed by atoms with Gasteiger partial charge in [0.1, 0.15) is 5.69 Å². The number of aryl methyl sites for hydroxylation is 1. The highest BCUT2D eigenvalue weighted by Crippen LogP contribution is 2.29. The number of aromatic nitrogens is 3. The van der Waals surface area contributed by atoms with E-state index in [1.165, 1.54) is 13.8 Å². The molecule has 2 heterocycles. The Balaban J connectivity index is 2.04. The molecule has 0 bridgehead atoms. The van der Waals surface area contributed by atoms with Crippen molar-refractivity contribution < 1.29 is 35.9 Å². The van der Waals surface area contributed by atoms with Crippen LogP contribution in [0.1, 0.15) is 40.3 Å². The van der Waals surface area contributed by atoms with E-state index in [0.29, 0.717) is 6.20 Å². The number of amides is 1. The minimum absolute atomic E-state index is 0.0292. The zero-order chi connectivity index (χ0) is 21.1. The van der Waals surface area contributed by atoms with Crippen molar-refractivity contribution in [2.45, 2.75) is 32.2 Å². The predicted molar refractivity (Wildman–Crippen MR) is 83.4 cm³/mol. The summed E-state index contributed by atoms with van der Waals surface area (Å²) in [4.78, 5) is 23.3. The van der Waals surface area contributed by atoms with Crippen LogP contribution < -0.4 is 10.1 Å². The summed E-state index contributed by atoms with van der Waals surface area (Å²) in [6.07, 6.45) is -6.46. The van der Waals surface area contributed by atoms with Gasteiger partial charge in [0, 0.05) is 6.20 Å². The molecule has 0 radical (unpaired) electrons. The Morgan fingerprint density at radius 3 is 2.29 bits per heavy atom. The van der Waals surface area contributed by atoms with E-state index in [9.17, 15) is 31.1 Å². The third-order valence-electron chi connectivity index (χ3n) is 3.44. The van der Waals surface area contributed by atoms with E-state index >= 15 is 0 Å². The normalized spacial score (nSPS) is 13.1. The smallest absolute Gasteiger partial charge is 0.422 e. The van der Waals surface area contributed by atoms with Gasteiger partial charge in [0.25, 0.3) is 5.91 Å². The average molecular weight is 408 g/mol. The van der Waals surface area contributed by atoms with Gasteiger partial charge in [-0.25, -0.2) is 4.98 Å². The summed E-state index contributed by atoms with van der Waals surface area (Å²) in [5.41, 5.74) is -0.938. The molecule has 0 unspecified atom stereocenters. The number of carbonyl (C=O) groups is 1. The van der Waals surface area contributed by atoms with Gasteiger partial charge in [-0.15, -0.1) is 0 Å². The van der Waals surface area contributed by atoms with Gasteiger partial charge in [0.05, 0.1) is 29.7 Å². The maximum atomic E-state index is 12.7. The molecule has 0 aliphatic carbocycles. The van der Waals surface area contributed by atoms with E-state index in [1.54, 1.807) is 0 Å². The molecule has 28 heavy (non-hydrogen) atoms. The standard InChI is InChI=1S/C16H14F6N4O2/c1-8-3-10(16(20,21)22)4-25-13(8)14(27)26-9(2)11-5-24-12(6-23-11)28-7-15(17,18)19/h3-6,9H,7H2,1-2H3,(H,26,27)/t9-/m1/s1. The predicted octanol–water partition coefficient (Wildman–Crippen LogP) is 3.63. The minimum atomic E-state index is -4.58. The van der Waals surface area contributed by atoms with Crippen molar-refractivity contribution in [3.05, 3.63) is 47.2 Å². The van der Waals surface area contributed by atoms with Crippen LogP contribution in [0, 0.1) is 6.92 Å². The fourth-order valence-electron chi connectivity index (χ4n) is 2.09. The second-order valence-electron chi connectivity index (χ2n) is 5.77. The fourth-order valence-corrected chi connectivity index (χ4v) is 2.09. The van der Waals surface area contributed by atoms with Crippen LogP contribution in [0.15, 0.2) is 24.7 Å². The molecule has 0 aromatic carbocycles. The summed E-state index contributed by atoms with van der Waals surface area (Å²) < 4.78 is 78.7. The van der Waals surface area contributed by atoms with Gasteiger partial charge in [0.15, 0.2) is 6.61 Å². The molecule has 0 saturated heterocycles. The van der Waals surface area contributed by atoms with Crippen molar-refractivity contribution in [2.75, 3.05) is 6.61 Å². The Kier molecular flexibility index (Phi) is 6.10. The molecular weight excluding hydrogens is 394 g/mol. The lowest BCUT2D eigenvalue weighted by Crippen LogP contribution is -2.29. The van der Waals surface area contributed by atoms with E-state index in [0.717, 1.165) is 18.5 Å². The van der Waals surface area contributed by atoms with Crippen molar-refractivity contribution in [1.29, 1.82) is 0 Å². The average Bonchev–Trinajstić information content (AvgIpc) is 2.58. The van der Waals surface area contributed by atoms with Crippen molar-refractivity contribution in [3.63, 3.8) is 0 Å². The molecule has 0 aliphatic heterocycles. The SMILES string of the molecule is Cc1cc(C(F)(F)F)cnc1C(=O)N[C@H](C)c1cnc(OCC(F)(F)F)cn1. The van der Waals surface area contributed by atoms with Crippen LogP contribution in [0.4, 0.5) is 26.3 Å². The fraction of sp³-hybridized carbons (Fsp3) is 0.375. The van der Waals surface area contributed by atoms with Crippen molar-refractivity contribution in [1.82, 2.24) is 20.3 Å². The van der Waals surface area contributed by atoms with Gasteiger partial charge in [0.2, 0.25) is 5.88 Å². The van der Waals surface area contributed by atoms with Gasteiger partial charge >= 0.3 is 12.4 Å². The Morgan fingerprint density at radius 1 is 1.11 bits per heavy atom. The summed E-state index contributed by atoms with van der Waals surface area (Å²) in [6.45, 7) is 1.30. The van der Waals surface area contributed by atoms with Crippen LogP contribution in [-0.2, 0) is 6.18 Å². The largest absolute Gasteiger partial charge is 0.467 e. The molecule has 2 aromatic rings. The summed E-state index contributed by atoms with van der Waals surface area (Å²) in [5.74, 6) is -1.09. The molecule has 6 nitrogen and oxygen atoms in total. The molecule has 2 rings (SSSR count). The van der Waals surface area contributed by atoms with Crippen LogP contribution in [0.2, 0.25) is 0 Å². The Morgan fingerprint density at radius 2 is 1.79 bits per heavy atom. The second kappa shape index (κ2) is 7.98. The topological polar surface area (TPSA) is 77.0 Å². The maximum absolute atomic E-state index is 12.7. The number of rotatable bonds is 5. The lowest BCUT2D eigenvalue weighted by molar-refractivity contribution is -0.154. The molecule has 0 aliphatic rings. The van der Waals surface area contributed by atoms with E-state index in [2.05, 4.69) is 25.0 Å². The second-order valence-corrected chi connectivity index (χ2v) is 5.77. The first-order valence-electron chi connectivity index (χ1n) is 7.73. The molecule has 1 atom stereocenters. The number of nitrogens with one attached hydrogen (secondary N) is 1. The lowest BCUT2D eigenvalue weighted by atomic mass is 10.1. The number of ether oxygens (including phenoxy) is 1. The molecule has 1 N–H and O–H groups in total. The highest BCUT2D eigenvalue weighted by atomic mass is 19.4. The summed E-state index contributed by atoms with van der Waals surface area (Å²) in [6, 6.07) is 0.0688. The number of hydrogen-bond donors (Lipinski definition) is 1. The van der Waals surface area contributed by atoms with Crippen LogP contribution in [0.25, 0.3) is 0 Å². The van der Waals surface area contributed by atoms with Crippen LogP contribution in [0.3, 0.4) is 0 Å². The number of carbonyl (C=O) groups excluding carboxylic acids is 1. The van der Waals surface area contributed by atoms with Gasteiger partial charge in [-0.3, -0.25) is 14.8 Å². The minimum Gasteiger partial charge on any atom is -0.467 e. The van der Waals surface area contributed by atoms with Crippen molar-refractivity contribution in [3.8, 4) is 5.88 Å². The Bertz CT molecular complexity index is 837. The van der Waals surface area contributed by atoms with Gasteiger partial charge in [-0.1, -0.05) is 0 Å². The quantitative estimate of drug-likeness (QED) is 0.765. The molecule has 152 valence electrons. The molecule has 12 heteroatoms. The lowest BCUT2D eigenvalue weighted by Gasteiger charge is -2.15. The molecule has 0 spiro atoms. The third-order valence-corrected chi connectivity index (χ3v) is 3.44. The summed E-state index contributed by atoms with van der Waals surface area (Å²) in [5, 5.41) is 2.48. The van der Waals surface area contributed by atoms with E-state index < -0.39 is 36.5 Å². The molecule has 1 amide bonds. The first-order valence-corrected chi connectivity index (χ1v) is 7.73. The van der Waals surface area contributed by atoms with Crippen LogP contribution >= 0.6 is 0 Å². The van der Waals surface area contributed by atoms with E-state index in [4.69, 9.17) is 0 Å². The zero-order valence-electron chi connectivity index (χ0n) is 14.5. The number of pyridine rings is 1. The molecule has 2 aromatic heterocycles. The van der Waals surface area contributed by atoms with Gasteiger partial charge < -0.3 is 10.1 Å². The van der Waals surface area contributed by atoms with Crippen LogP contribution in [-0.4, -0.2) is 33.6 Å². The molecular formula is C16H14F6N4O2. The third kappa shape index (κ3) is 5.79. The van der Waals surface area contributed by atoms with Gasteiger partial charge in [-0.05, 0) is 25.5 Å². The molecule has 0 fully saturated rings. The Hall–Kier alpha value is -2.92. The van der Waals surface area contributed by atoms with Gasteiger partial charge in [-0.2, -0.15) is 26.3 Å². The monoisotopic (exact) mass is 408 g/mol. The molecule has 0 saturated carbocycles. The summed E-state index contributed by atoms with van der Waals surface area (Å²) >= 11 is 0. The number of alkyl halides is 6. The number of nitrogens with zero attached hydrogens (tertiary/aromatic N) is 3. The number of halogens is 6. The Labute approximate surface area is 155 Å². The van der Waals surface area contributed by atoms with E-state index in [-0.39, 0.29) is 22.8 Å². The first-order chi connectivity index (χ1) is 12.9. The first kappa shape index (κ1) is 21.4. The van der Waals surface area contributed by atoms with Crippen LogP contribution in [0.5, 0.6) is 5.88 Å². The summed E-state index contributed by atoms with van der Waals surface area (Å²) in [7, 11) is 0. The maximum Gasteiger partial charge on any atom is 0.422 e. The van der Waals surface area contributed by atoms with Crippen molar-refractivity contribution >= 4 is 5.91 Å².